The van der Waals surface area contributed by atoms with Gasteiger partial charge in [-0.3, -0.25) is 0 Å². The number of nitrogens with two attached hydrogens (primary N) is 1. The highest BCUT2D eigenvalue weighted by molar-refractivity contribution is 8.00. The smallest absolute Gasteiger partial charge is 0.149 e. The van der Waals surface area contributed by atoms with E-state index in [1.165, 1.54) is 18.1 Å². The molecule has 5 nitrogen and oxygen atoms in total. The van der Waals surface area contributed by atoms with Crippen LogP contribution in [0.25, 0.3) is 10.9 Å². The van der Waals surface area contributed by atoms with Crippen LogP contribution in [0.4, 0.5) is 0 Å². The van der Waals surface area contributed by atoms with Gasteiger partial charge < -0.3 is 10.9 Å². The monoisotopic (exact) mass is 234 g/mol. The number of hydrogen-bond donors (Lipinski definition) is 2. The van der Waals surface area contributed by atoms with Crippen LogP contribution in [0.15, 0.2) is 40.8 Å². The third kappa shape index (κ3) is 2.22. The molecule has 82 valence electrons. The highest BCUT2D eigenvalue weighted by Crippen LogP contribution is 2.23. The zero-order valence-corrected chi connectivity index (χ0v) is 9.18. The van der Waals surface area contributed by atoms with Crippen molar-refractivity contribution in [2.24, 2.45) is 10.9 Å². The minimum Gasteiger partial charge on any atom is -0.409 e. The number of hydrogen-bond acceptors (Lipinski definition) is 5. The number of nitrogens with zero attached hydrogens (tertiary/aromatic N) is 3. The number of amidine groups is 1. The van der Waals surface area contributed by atoms with Gasteiger partial charge in [0.15, 0.2) is 0 Å². The van der Waals surface area contributed by atoms with Gasteiger partial charge in [-0.1, -0.05) is 35.1 Å². The summed E-state index contributed by atoms with van der Waals surface area (Å²) in [6.45, 7) is 0. The topological polar surface area (TPSA) is 84.4 Å². The molecule has 0 saturated heterocycles. The first-order chi connectivity index (χ1) is 7.81. The van der Waals surface area contributed by atoms with E-state index in [9.17, 15) is 0 Å². The fraction of sp³-hybridized carbons (Fsp3) is 0.100. The molecule has 0 atom stereocenters. The lowest BCUT2D eigenvalue weighted by molar-refractivity contribution is 0.318. The molecule has 0 amide bonds. The number of rotatable bonds is 3. The molecule has 0 fully saturated rings. The fourth-order valence-corrected chi connectivity index (χ4v) is 2.06. The van der Waals surface area contributed by atoms with Crippen molar-refractivity contribution in [3.63, 3.8) is 0 Å². The minimum atomic E-state index is 0.174. The molecule has 0 unspecified atom stereocenters. The zero-order chi connectivity index (χ0) is 11.4. The van der Waals surface area contributed by atoms with E-state index < -0.39 is 0 Å². The van der Waals surface area contributed by atoms with Gasteiger partial charge >= 0.3 is 0 Å². The Morgan fingerprint density at radius 1 is 1.38 bits per heavy atom. The van der Waals surface area contributed by atoms with Crippen LogP contribution in [0.3, 0.4) is 0 Å². The summed E-state index contributed by atoms with van der Waals surface area (Å²) >= 11 is 1.42. The lowest BCUT2D eigenvalue weighted by Crippen LogP contribution is -2.14. The summed E-state index contributed by atoms with van der Waals surface area (Å²) in [7, 11) is 0. The maximum Gasteiger partial charge on any atom is 0.149 e. The summed E-state index contributed by atoms with van der Waals surface area (Å²) in [5, 5.41) is 13.2. The molecule has 1 aromatic heterocycles. The molecular weight excluding hydrogens is 224 g/mol. The average Bonchev–Trinajstić information content (AvgIpc) is 2.35. The van der Waals surface area contributed by atoms with Gasteiger partial charge in [0.2, 0.25) is 0 Å². The quantitative estimate of drug-likeness (QED) is 0.210. The Labute approximate surface area is 96.4 Å². The first-order valence-corrected chi connectivity index (χ1v) is 5.59. The Kier molecular flexibility index (Phi) is 3.21. The maximum absolute atomic E-state index is 8.44. The van der Waals surface area contributed by atoms with E-state index in [1.807, 2.05) is 24.3 Å². The van der Waals surface area contributed by atoms with Gasteiger partial charge in [0.1, 0.15) is 17.2 Å². The fourth-order valence-electron chi connectivity index (χ4n) is 1.27. The predicted molar refractivity (Wildman–Crippen MR) is 63.7 cm³/mol. The summed E-state index contributed by atoms with van der Waals surface area (Å²) < 4.78 is 0. The molecule has 0 saturated carbocycles. The largest absolute Gasteiger partial charge is 0.409 e. The van der Waals surface area contributed by atoms with Crippen LogP contribution in [-0.4, -0.2) is 26.8 Å². The lowest BCUT2D eigenvalue weighted by atomic mass is 10.2. The van der Waals surface area contributed by atoms with Crippen molar-refractivity contribution in [2.45, 2.75) is 5.03 Å². The van der Waals surface area contributed by atoms with E-state index >= 15 is 0 Å². The summed E-state index contributed by atoms with van der Waals surface area (Å²) in [5.74, 6) is 0.574. The van der Waals surface area contributed by atoms with Gasteiger partial charge in [0.25, 0.3) is 0 Å². The maximum atomic E-state index is 8.44. The Balaban J connectivity index is 2.30. The Bertz CT molecular complexity index is 524. The van der Waals surface area contributed by atoms with E-state index in [4.69, 9.17) is 10.9 Å². The molecule has 0 radical (unpaired) electrons. The second-order valence-corrected chi connectivity index (χ2v) is 4.04. The number of thioether (sulfide) groups is 1. The third-order valence-electron chi connectivity index (χ3n) is 1.99. The Hall–Kier alpha value is -1.82. The van der Waals surface area contributed by atoms with Crippen LogP contribution in [0.5, 0.6) is 0 Å². The number of aromatic nitrogens is 2. The average molecular weight is 234 g/mol. The van der Waals surface area contributed by atoms with Gasteiger partial charge in [0.05, 0.1) is 11.3 Å². The molecule has 16 heavy (non-hydrogen) atoms. The molecule has 0 spiro atoms. The number of fused-ring (bicyclic) bond motifs is 1. The van der Waals surface area contributed by atoms with E-state index in [0.717, 1.165) is 15.9 Å². The number of oxime groups is 1. The predicted octanol–water partition coefficient (Wildman–Crippen LogP) is 1.47. The van der Waals surface area contributed by atoms with Crippen LogP contribution in [-0.2, 0) is 0 Å². The minimum absolute atomic E-state index is 0.174. The molecule has 6 heteroatoms. The normalized spacial score (nSPS) is 11.9. The second kappa shape index (κ2) is 4.80. The van der Waals surface area contributed by atoms with E-state index in [2.05, 4.69) is 15.1 Å². The molecule has 2 rings (SSSR count). The molecule has 0 aliphatic heterocycles. The molecule has 0 bridgehead atoms. The molecule has 0 aliphatic carbocycles. The molecule has 1 aromatic carbocycles. The van der Waals surface area contributed by atoms with Crippen molar-refractivity contribution in [3.8, 4) is 0 Å². The van der Waals surface area contributed by atoms with Crippen molar-refractivity contribution in [1.29, 1.82) is 0 Å². The van der Waals surface area contributed by atoms with Gasteiger partial charge in [-0.25, -0.2) is 9.97 Å². The van der Waals surface area contributed by atoms with Crippen molar-refractivity contribution in [1.82, 2.24) is 9.97 Å². The third-order valence-corrected chi connectivity index (χ3v) is 3.03. The molecule has 2 aromatic rings. The van der Waals surface area contributed by atoms with E-state index in [-0.39, 0.29) is 5.84 Å². The van der Waals surface area contributed by atoms with Crippen molar-refractivity contribution < 1.29 is 5.21 Å². The lowest BCUT2D eigenvalue weighted by Gasteiger charge is -2.03. The highest BCUT2D eigenvalue weighted by Gasteiger charge is 2.04. The summed E-state index contributed by atoms with van der Waals surface area (Å²) in [6.07, 6.45) is 1.51. The second-order valence-electron chi connectivity index (χ2n) is 3.08. The Morgan fingerprint density at radius 2 is 2.19 bits per heavy atom. The van der Waals surface area contributed by atoms with Crippen LogP contribution in [0.1, 0.15) is 0 Å². The number of para-hydroxylation sites is 1. The van der Waals surface area contributed by atoms with Crippen LogP contribution < -0.4 is 5.73 Å². The SMILES string of the molecule is N/C(CSc1ncnc2ccccc12)=N\O. The zero-order valence-electron chi connectivity index (χ0n) is 8.37. The van der Waals surface area contributed by atoms with Crippen LogP contribution >= 0.6 is 11.8 Å². The summed E-state index contributed by atoms with van der Waals surface area (Å²) in [5.41, 5.74) is 6.29. The molecular formula is C10H10N4OS. The first-order valence-electron chi connectivity index (χ1n) is 4.60. The Morgan fingerprint density at radius 3 is 3.00 bits per heavy atom. The van der Waals surface area contributed by atoms with E-state index in [1.54, 1.807) is 0 Å². The summed E-state index contributed by atoms with van der Waals surface area (Å²) in [6, 6.07) is 7.72. The molecule has 1 heterocycles. The molecule has 0 aliphatic rings. The first kappa shape index (κ1) is 10.7. The molecule has 3 N–H and O–H groups in total. The standard InChI is InChI=1S/C10H10N4OS/c11-9(14-15)5-16-10-7-3-1-2-4-8(7)12-6-13-10/h1-4,6,15H,5H2,(H2,11,14). The van der Waals surface area contributed by atoms with E-state index in [0.29, 0.717) is 5.75 Å². The highest BCUT2D eigenvalue weighted by atomic mass is 32.2. The number of benzene rings is 1. The van der Waals surface area contributed by atoms with Crippen LogP contribution in [0, 0.1) is 0 Å². The van der Waals surface area contributed by atoms with Crippen LogP contribution in [0.2, 0.25) is 0 Å². The van der Waals surface area contributed by atoms with Crippen molar-refractivity contribution >= 4 is 28.5 Å². The van der Waals surface area contributed by atoms with Gasteiger partial charge in [-0.05, 0) is 6.07 Å². The van der Waals surface area contributed by atoms with Crippen molar-refractivity contribution in [2.75, 3.05) is 5.75 Å². The van der Waals surface area contributed by atoms with Gasteiger partial charge in [-0.15, -0.1) is 0 Å². The van der Waals surface area contributed by atoms with Gasteiger partial charge in [0, 0.05) is 5.39 Å². The van der Waals surface area contributed by atoms with Gasteiger partial charge in [-0.2, -0.15) is 0 Å². The summed E-state index contributed by atoms with van der Waals surface area (Å²) in [4.78, 5) is 8.33. The van der Waals surface area contributed by atoms with Crippen molar-refractivity contribution in [3.05, 3.63) is 30.6 Å².